The van der Waals surface area contributed by atoms with Gasteiger partial charge >= 0.3 is 0 Å². The van der Waals surface area contributed by atoms with E-state index in [9.17, 15) is 10.2 Å². The molecular weight excluding hydrogens is 260 g/mol. The molecule has 1 aromatic heterocycles. The molecule has 2 aromatic rings. The van der Waals surface area contributed by atoms with E-state index in [1.165, 1.54) is 17.0 Å². The zero-order chi connectivity index (χ0) is 14.0. The third-order valence-corrected chi connectivity index (χ3v) is 3.99. The Labute approximate surface area is 116 Å². The van der Waals surface area contributed by atoms with E-state index >= 15 is 0 Å². The van der Waals surface area contributed by atoms with Gasteiger partial charge in [0.2, 0.25) is 0 Å². The van der Waals surface area contributed by atoms with Crippen molar-refractivity contribution in [1.82, 2.24) is 10.3 Å². The normalized spacial score (nSPS) is 11.2. The van der Waals surface area contributed by atoms with Gasteiger partial charge in [-0.2, -0.15) is 0 Å². The largest absolute Gasteiger partial charge is 0.504 e. The first-order valence-corrected chi connectivity index (χ1v) is 7.01. The maximum absolute atomic E-state index is 9.53. The van der Waals surface area contributed by atoms with Crippen molar-refractivity contribution < 1.29 is 10.2 Å². The molecule has 0 unspecified atom stereocenters. The Morgan fingerprint density at radius 3 is 2.63 bits per heavy atom. The monoisotopic (exact) mass is 278 g/mol. The second-order valence-electron chi connectivity index (χ2n) is 4.77. The lowest BCUT2D eigenvalue weighted by atomic mass is 10.2. The van der Waals surface area contributed by atoms with Crippen LogP contribution in [0.1, 0.15) is 24.4 Å². The van der Waals surface area contributed by atoms with Crippen LogP contribution in [0.4, 0.5) is 0 Å². The molecular formula is C14H18N2O2S. The van der Waals surface area contributed by atoms with Crippen LogP contribution in [0.15, 0.2) is 18.2 Å². The van der Waals surface area contributed by atoms with Gasteiger partial charge in [-0.1, -0.05) is 13.8 Å². The standard InChI is InChI=1S/C14H18N2O2S/c1-8(2)15-7-13-9(3)16-14(19-13)10-4-5-11(17)12(18)6-10/h4-6,8,15,17-18H,7H2,1-3H3. The number of aromatic nitrogens is 1. The predicted molar refractivity (Wildman–Crippen MR) is 77.6 cm³/mol. The summed E-state index contributed by atoms with van der Waals surface area (Å²) in [4.78, 5) is 5.71. The van der Waals surface area contributed by atoms with Crippen molar-refractivity contribution >= 4 is 11.3 Å². The molecule has 0 radical (unpaired) electrons. The maximum atomic E-state index is 9.53. The first kappa shape index (κ1) is 13.8. The Morgan fingerprint density at radius 2 is 2.00 bits per heavy atom. The van der Waals surface area contributed by atoms with Crippen LogP contribution < -0.4 is 5.32 Å². The number of phenols is 2. The van der Waals surface area contributed by atoms with Crippen LogP contribution in [-0.4, -0.2) is 21.2 Å². The third kappa shape index (κ3) is 3.24. The Morgan fingerprint density at radius 1 is 1.26 bits per heavy atom. The molecule has 3 N–H and O–H groups in total. The van der Waals surface area contributed by atoms with Crippen LogP contribution in [-0.2, 0) is 6.54 Å². The summed E-state index contributed by atoms with van der Waals surface area (Å²) in [6.07, 6.45) is 0. The van der Waals surface area contributed by atoms with Crippen molar-refractivity contribution in [1.29, 1.82) is 0 Å². The lowest BCUT2D eigenvalue weighted by Gasteiger charge is -2.05. The molecule has 0 atom stereocenters. The van der Waals surface area contributed by atoms with E-state index in [0.29, 0.717) is 6.04 Å². The molecule has 0 aliphatic carbocycles. The molecule has 0 aliphatic rings. The van der Waals surface area contributed by atoms with Gasteiger partial charge in [0.15, 0.2) is 11.5 Å². The summed E-state index contributed by atoms with van der Waals surface area (Å²) in [6, 6.07) is 5.20. The van der Waals surface area contributed by atoms with E-state index in [4.69, 9.17) is 0 Å². The summed E-state index contributed by atoms with van der Waals surface area (Å²) < 4.78 is 0. The van der Waals surface area contributed by atoms with Crippen LogP contribution in [0.3, 0.4) is 0 Å². The van der Waals surface area contributed by atoms with Crippen LogP contribution in [0, 0.1) is 6.92 Å². The molecule has 0 fully saturated rings. The van der Waals surface area contributed by atoms with Gasteiger partial charge in [-0.25, -0.2) is 4.98 Å². The molecule has 0 saturated carbocycles. The molecule has 0 aliphatic heterocycles. The van der Waals surface area contributed by atoms with Crippen LogP contribution in [0.5, 0.6) is 11.5 Å². The highest BCUT2D eigenvalue weighted by atomic mass is 32.1. The average Bonchev–Trinajstić information content (AvgIpc) is 2.71. The molecule has 19 heavy (non-hydrogen) atoms. The van der Waals surface area contributed by atoms with Crippen molar-refractivity contribution in [2.75, 3.05) is 0 Å². The van der Waals surface area contributed by atoms with Gasteiger partial charge in [-0.15, -0.1) is 11.3 Å². The Bertz CT molecular complexity index is 579. The smallest absolute Gasteiger partial charge is 0.158 e. The van der Waals surface area contributed by atoms with E-state index in [0.717, 1.165) is 22.8 Å². The summed E-state index contributed by atoms with van der Waals surface area (Å²) in [7, 11) is 0. The van der Waals surface area contributed by atoms with Crippen molar-refractivity contribution in [3.8, 4) is 22.1 Å². The van der Waals surface area contributed by atoms with Gasteiger partial charge in [0, 0.05) is 23.0 Å². The minimum Gasteiger partial charge on any atom is -0.504 e. The molecule has 102 valence electrons. The number of phenolic OH excluding ortho intramolecular Hbond substituents is 2. The fourth-order valence-electron chi connectivity index (χ4n) is 1.67. The fourth-order valence-corrected chi connectivity index (χ4v) is 2.68. The molecule has 5 heteroatoms. The van der Waals surface area contributed by atoms with Gasteiger partial charge in [0.05, 0.1) is 5.69 Å². The lowest BCUT2D eigenvalue weighted by molar-refractivity contribution is 0.404. The second kappa shape index (κ2) is 5.59. The molecule has 1 heterocycles. The Balaban J connectivity index is 2.25. The number of hydrogen-bond donors (Lipinski definition) is 3. The summed E-state index contributed by atoms with van der Waals surface area (Å²) in [5.41, 5.74) is 1.82. The zero-order valence-corrected chi connectivity index (χ0v) is 12.1. The van der Waals surface area contributed by atoms with Crippen molar-refractivity contribution in [3.63, 3.8) is 0 Å². The number of nitrogens with one attached hydrogen (secondary N) is 1. The molecule has 0 bridgehead atoms. The van der Waals surface area contributed by atoms with Crippen LogP contribution in [0.25, 0.3) is 10.6 Å². The van der Waals surface area contributed by atoms with Crippen molar-refractivity contribution in [3.05, 3.63) is 28.8 Å². The van der Waals surface area contributed by atoms with E-state index in [-0.39, 0.29) is 11.5 Å². The highest BCUT2D eigenvalue weighted by Gasteiger charge is 2.11. The van der Waals surface area contributed by atoms with Crippen LogP contribution >= 0.6 is 11.3 Å². The summed E-state index contributed by atoms with van der Waals surface area (Å²) in [5.74, 6) is -0.231. The fraction of sp³-hybridized carbons (Fsp3) is 0.357. The minimum absolute atomic E-state index is 0.112. The molecule has 2 rings (SSSR count). The lowest BCUT2D eigenvalue weighted by Crippen LogP contribution is -2.21. The number of aryl methyl sites for hydroxylation is 1. The van der Waals surface area contributed by atoms with E-state index < -0.39 is 0 Å². The van der Waals surface area contributed by atoms with Gasteiger partial charge in [0.25, 0.3) is 0 Å². The minimum atomic E-state index is -0.118. The number of thiazole rings is 1. The summed E-state index contributed by atoms with van der Waals surface area (Å²) >= 11 is 1.60. The number of aromatic hydroxyl groups is 2. The van der Waals surface area contributed by atoms with E-state index in [1.807, 2.05) is 6.92 Å². The number of nitrogens with zero attached hydrogens (tertiary/aromatic N) is 1. The van der Waals surface area contributed by atoms with Gasteiger partial charge in [0.1, 0.15) is 5.01 Å². The van der Waals surface area contributed by atoms with Crippen molar-refractivity contribution in [2.24, 2.45) is 0 Å². The van der Waals surface area contributed by atoms with E-state index in [1.54, 1.807) is 17.4 Å². The summed E-state index contributed by atoms with van der Waals surface area (Å²) in [5, 5.41) is 23.1. The highest BCUT2D eigenvalue weighted by molar-refractivity contribution is 7.15. The second-order valence-corrected chi connectivity index (χ2v) is 5.85. The first-order chi connectivity index (χ1) is 8.97. The van der Waals surface area contributed by atoms with Gasteiger partial charge in [-0.3, -0.25) is 0 Å². The molecule has 4 nitrogen and oxygen atoms in total. The SMILES string of the molecule is Cc1nc(-c2ccc(O)c(O)c2)sc1CNC(C)C. The quantitative estimate of drug-likeness (QED) is 0.752. The summed E-state index contributed by atoms with van der Waals surface area (Å²) in [6.45, 7) is 6.99. The topological polar surface area (TPSA) is 65.4 Å². The van der Waals surface area contributed by atoms with Gasteiger partial charge in [-0.05, 0) is 25.1 Å². The average molecular weight is 278 g/mol. The third-order valence-electron chi connectivity index (χ3n) is 2.79. The van der Waals surface area contributed by atoms with E-state index in [2.05, 4.69) is 24.1 Å². The predicted octanol–water partition coefficient (Wildman–Crippen LogP) is 3.03. The Kier molecular flexibility index (Phi) is 4.07. The highest BCUT2D eigenvalue weighted by Crippen LogP contribution is 2.33. The Hall–Kier alpha value is -1.59. The number of hydrogen-bond acceptors (Lipinski definition) is 5. The molecule has 0 spiro atoms. The number of benzene rings is 1. The molecule has 0 amide bonds. The van der Waals surface area contributed by atoms with Crippen LogP contribution in [0.2, 0.25) is 0 Å². The maximum Gasteiger partial charge on any atom is 0.158 e. The van der Waals surface area contributed by atoms with Crippen molar-refractivity contribution in [2.45, 2.75) is 33.4 Å². The zero-order valence-electron chi connectivity index (χ0n) is 11.3. The molecule has 0 saturated heterocycles. The first-order valence-electron chi connectivity index (χ1n) is 6.19. The number of rotatable bonds is 4. The van der Waals surface area contributed by atoms with Gasteiger partial charge < -0.3 is 15.5 Å². The molecule has 1 aromatic carbocycles.